The van der Waals surface area contributed by atoms with E-state index in [4.69, 9.17) is 9.84 Å². The van der Waals surface area contributed by atoms with Crippen LogP contribution in [0, 0.1) is 5.82 Å². The molecule has 1 aromatic heterocycles. The van der Waals surface area contributed by atoms with Gasteiger partial charge in [0.2, 0.25) is 0 Å². The lowest BCUT2D eigenvalue weighted by Gasteiger charge is -2.05. The van der Waals surface area contributed by atoms with Crippen molar-refractivity contribution in [1.29, 1.82) is 0 Å². The fraction of sp³-hybridized carbons (Fsp3) is 0.375. The van der Waals surface area contributed by atoms with Crippen molar-refractivity contribution in [2.75, 3.05) is 6.61 Å². The van der Waals surface area contributed by atoms with E-state index in [2.05, 4.69) is 4.98 Å². The van der Waals surface area contributed by atoms with E-state index >= 15 is 0 Å². The second-order valence-corrected chi connectivity index (χ2v) is 5.90. The van der Waals surface area contributed by atoms with Crippen molar-refractivity contribution in [3.8, 4) is 5.75 Å². The number of benzene rings is 1. The van der Waals surface area contributed by atoms with E-state index in [0.717, 1.165) is 11.4 Å². The van der Waals surface area contributed by atoms with Gasteiger partial charge < -0.3 is 9.84 Å². The van der Waals surface area contributed by atoms with Crippen molar-refractivity contribution in [1.82, 2.24) is 4.98 Å². The van der Waals surface area contributed by atoms with Gasteiger partial charge in [-0.05, 0) is 25.0 Å². The zero-order valence-electron chi connectivity index (χ0n) is 12.3. The maximum absolute atomic E-state index is 13.4. The van der Waals surface area contributed by atoms with Crippen LogP contribution >= 0.6 is 11.3 Å². The molecule has 0 atom stereocenters. The van der Waals surface area contributed by atoms with Gasteiger partial charge >= 0.3 is 5.97 Å². The summed E-state index contributed by atoms with van der Waals surface area (Å²) < 4.78 is 18.7. The second-order valence-electron chi connectivity index (χ2n) is 4.82. The Morgan fingerprint density at radius 1 is 1.36 bits per heavy atom. The van der Waals surface area contributed by atoms with Crippen LogP contribution in [0.1, 0.15) is 40.1 Å². The smallest absolute Gasteiger partial charge is 0.347 e. The molecule has 118 valence electrons. The largest absolute Gasteiger partial charge is 0.491 e. The molecule has 2 aromatic rings. The summed E-state index contributed by atoms with van der Waals surface area (Å²) in [6.07, 6.45) is 2.82. The first-order valence-electron chi connectivity index (χ1n) is 7.21. The summed E-state index contributed by atoms with van der Waals surface area (Å²) in [5, 5.41) is 9.95. The molecule has 1 aromatic carbocycles. The van der Waals surface area contributed by atoms with Crippen LogP contribution in [0.25, 0.3) is 0 Å². The molecule has 0 aliphatic heterocycles. The predicted molar refractivity (Wildman–Crippen MR) is 83.3 cm³/mol. The zero-order valence-corrected chi connectivity index (χ0v) is 13.2. The van der Waals surface area contributed by atoms with Crippen LogP contribution < -0.4 is 4.74 Å². The van der Waals surface area contributed by atoms with Crippen molar-refractivity contribution in [2.45, 2.75) is 32.6 Å². The lowest BCUT2D eigenvalue weighted by molar-refractivity contribution is 0.0700. The molecular weight excluding hydrogens is 305 g/mol. The minimum atomic E-state index is -0.921. The van der Waals surface area contributed by atoms with Crippen LogP contribution in [0.15, 0.2) is 24.3 Å². The van der Waals surface area contributed by atoms with E-state index in [1.54, 1.807) is 18.2 Å². The molecular formula is C16H18FNO3S. The Morgan fingerprint density at radius 2 is 2.14 bits per heavy atom. The molecule has 0 spiro atoms. The predicted octanol–water partition coefficient (Wildman–Crippen LogP) is 3.94. The normalized spacial score (nSPS) is 10.6. The number of aromatic nitrogens is 1. The monoisotopic (exact) mass is 323 g/mol. The number of carbonyl (C=O) groups is 1. The highest BCUT2D eigenvalue weighted by atomic mass is 32.1. The average molecular weight is 323 g/mol. The third-order valence-electron chi connectivity index (χ3n) is 3.05. The van der Waals surface area contributed by atoms with Gasteiger partial charge in [-0.3, -0.25) is 0 Å². The number of hydrogen-bond donors (Lipinski definition) is 1. The molecule has 1 N–H and O–H groups in total. The zero-order chi connectivity index (χ0) is 15.9. The average Bonchev–Trinajstić information content (AvgIpc) is 2.89. The topological polar surface area (TPSA) is 59.4 Å². The number of thiazole rings is 1. The Morgan fingerprint density at radius 3 is 2.82 bits per heavy atom. The molecule has 0 saturated heterocycles. The van der Waals surface area contributed by atoms with E-state index in [9.17, 15) is 9.18 Å². The summed E-state index contributed by atoms with van der Waals surface area (Å²) in [5.74, 6) is -1.07. The number of halogens is 1. The summed E-state index contributed by atoms with van der Waals surface area (Å²) in [4.78, 5) is 15.9. The Labute approximate surface area is 132 Å². The standard InChI is InChI=1S/C16H18FNO3S/c1-2-6-12-15(16(19)20)22-14(18-12)9-5-10-21-13-8-4-3-7-11(13)17/h3-4,7-8H,2,5-6,9-10H2,1H3,(H,19,20). The van der Waals surface area contributed by atoms with Crippen molar-refractivity contribution < 1.29 is 19.0 Å². The van der Waals surface area contributed by atoms with Gasteiger partial charge in [-0.1, -0.05) is 25.5 Å². The maximum atomic E-state index is 13.4. The number of rotatable bonds is 8. The fourth-order valence-electron chi connectivity index (χ4n) is 2.05. The van der Waals surface area contributed by atoms with Crippen molar-refractivity contribution in [3.63, 3.8) is 0 Å². The quantitative estimate of drug-likeness (QED) is 0.747. The molecule has 0 bridgehead atoms. The lowest BCUT2D eigenvalue weighted by Crippen LogP contribution is -2.01. The number of carboxylic acids is 1. The lowest BCUT2D eigenvalue weighted by atomic mass is 10.2. The van der Waals surface area contributed by atoms with Gasteiger partial charge in [-0.2, -0.15) is 0 Å². The molecule has 0 aliphatic carbocycles. The fourth-order valence-corrected chi connectivity index (χ4v) is 3.04. The summed E-state index contributed by atoms with van der Waals surface area (Å²) in [7, 11) is 0. The highest BCUT2D eigenvalue weighted by Gasteiger charge is 2.16. The van der Waals surface area contributed by atoms with E-state index in [1.165, 1.54) is 17.4 Å². The van der Waals surface area contributed by atoms with Gasteiger partial charge in [-0.15, -0.1) is 11.3 Å². The number of ether oxygens (including phenoxy) is 1. The van der Waals surface area contributed by atoms with Crippen molar-refractivity contribution in [2.24, 2.45) is 0 Å². The number of carboxylic acid groups (broad SMARTS) is 1. The molecule has 1 heterocycles. The molecule has 0 unspecified atom stereocenters. The van der Waals surface area contributed by atoms with Gasteiger partial charge in [0.15, 0.2) is 11.6 Å². The summed E-state index contributed by atoms with van der Waals surface area (Å²) in [6.45, 7) is 2.36. The minimum Gasteiger partial charge on any atom is -0.491 e. The Kier molecular flexibility index (Phi) is 5.89. The number of hydrogen-bond acceptors (Lipinski definition) is 4. The molecule has 4 nitrogen and oxygen atoms in total. The molecule has 6 heteroatoms. The van der Waals surface area contributed by atoms with E-state index in [1.807, 2.05) is 6.92 Å². The van der Waals surface area contributed by atoms with Gasteiger partial charge in [0.25, 0.3) is 0 Å². The summed E-state index contributed by atoms with van der Waals surface area (Å²) in [6, 6.07) is 6.27. The SMILES string of the molecule is CCCc1nc(CCCOc2ccccc2F)sc1C(=O)O. The van der Waals surface area contributed by atoms with Gasteiger partial charge in [0.05, 0.1) is 17.3 Å². The van der Waals surface area contributed by atoms with E-state index in [0.29, 0.717) is 36.4 Å². The first-order chi connectivity index (χ1) is 10.6. The first kappa shape index (κ1) is 16.4. The highest BCUT2D eigenvalue weighted by Crippen LogP contribution is 2.22. The maximum Gasteiger partial charge on any atom is 0.347 e. The van der Waals surface area contributed by atoms with Crippen LogP contribution in [-0.2, 0) is 12.8 Å². The van der Waals surface area contributed by atoms with Crippen molar-refractivity contribution >= 4 is 17.3 Å². The van der Waals surface area contributed by atoms with E-state index in [-0.39, 0.29) is 11.6 Å². The molecule has 0 aliphatic rings. The number of nitrogens with zero attached hydrogens (tertiary/aromatic N) is 1. The number of para-hydroxylation sites is 1. The molecule has 0 saturated carbocycles. The minimum absolute atomic E-state index is 0.236. The van der Waals surface area contributed by atoms with Gasteiger partial charge in [0, 0.05) is 6.42 Å². The van der Waals surface area contributed by atoms with Gasteiger partial charge in [-0.25, -0.2) is 14.2 Å². The number of aryl methyl sites for hydroxylation is 2. The Hall–Kier alpha value is -1.95. The van der Waals surface area contributed by atoms with Crippen molar-refractivity contribution in [3.05, 3.63) is 45.7 Å². The van der Waals surface area contributed by atoms with Crippen LogP contribution in [-0.4, -0.2) is 22.7 Å². The Balaban J connectivity index is 1.88. The highest BCUT2D eigenvalue weighted by molar-refractivity contribution is 7.13. The number of aromatic carboxylic acids is 1. The summed E-state index contributed by atoms with van der Waals surface area (Å²) in [5.41, 5.74) is 0.657. The third kappa shape index (κ3) is 4.27. The molecule has 22 heavy (non-hydrogen) atoms. The van der Waals surface area contributed by atoms with Crippen LogP contribution in [0.3, 0.4) is 0 Å². The molecule has 2 rings (SSSR count). The van der Waals surface area contributed by atoms with Gasteiger partial charge in [0.1, 0.15) is 4.88 Å². The second kappa shape index (κ2) is 7.89. The van der Waals surface area contributed by atoms with E-state index < -0.39 is 5.97 Å². The Bertz CT molecular complexity index is 642. The van der Waals surface area contributed by atoms with Crippen LogP contribution in [0.2, 0.25) is 0 Å². The molecule has 0 amide bonds. The van der Waals surface area contributed by atoms with Crippen LogP contribution in [0.4, 0.5) is 4.39 Å². The third-order valence-corrected chi connectivity index (χ3v) is 4.20. The van der Waals surface area contributed by atoms with Crippen LogP contribution in [0.5, 0.6) is 5.75 Å². The summed E-state index contributed by atoms with van der Waals surface area (Å²) >= 11 is 1.22. The molecule has 0 radical (unpaired) electrons. The first-order valence-corrected chi connectivity index (χ1v) is 8.02. The molecule has 0 fully saturated rings.